The van der Waals surface area contributed by atoms with E-state index in [4.69, 9.17) is 5.11 Å². The molecule has 0 spiro atoms. The van der Waals surface area contributed by atoms with Crippen LogP contribution in [0.3, 0.4) is 0 Å². The van der Waals surface area contributed by atoms with Gasteiger partial charge < -0.3 is 5.11 Å². The van der Waals surface area contributed by atoms with Crippen molar-refractivity contribution in [3.63, 3.8) is 0 Å². The first-order valence-corrected chi connectivity index (χ1v) is 7.88. The molecule has 0 unspecified atom stereocenters. The smallest absolute Gasteiger partial charge is 0.243 e. The number of aliphatic hydroxyl groups excluding tert-OH is 1. The Morgan fingerprint density at radius 3 is 2.37 bits per heavy atom. The average molecular weight is 287 g/mol. The van der Waals surface area contributed by atoms with Gasteiger partial charge in [-0.2, -0.15) is 4.31 Å². The predicted molar refractivity (Wildman–Crippen MR) is 69.6 cm³/mol. The summed E-state index contributed by atoms with van der Waals surface area (Å²) in [6.45, 7) is 0.472. The summed E-state index contributed by atoms with van der Waals surface area (Å²) < 4.78 is 39.3. The number of unbranched alkanes of at least 4 members (excludes halogenated alkanes) is 1. The van der Waals surface area contributed by atoms with Gasteiger partial charge in [0, 0.05) is 19.2 Å². The molecule has 1 saturated carbocycles. The van der Waals surface area contributed by atoms with Gasteiger partial charge in [-0.05, 0) is 49.9 Å². The van der Waals surface area contributed by atoms with Crippen LogP contribution in [0.4, 0.5) is 4.39 Å². The molecule has 2 rings (SSSR count). The summed E-state index contributed by atoms with van der Waals surface area (Å²) in [5, 5.41) is 8.77. The topological polar surface area (TPSA) is 57.6 Å². The molecule has 1 fully saturated rings. The molecule has 0 amide bonds. The highest BCUT2D eigenvalue weighted by molar-refractivity contribution is 7.89. The molecule has 4 nitrogen and oxygen atoms in total. The predicted octanol–water partition coefficient (Wildman–Crippen LogP) is 1.75. The fraction of sp³-hybridized carbons (Fsp3) is 0.538. The van der Waals surface area contributed by atoms with Gasteiger partial charge in [0.15, 0.2) is 0 Å². The quantitative estimate of drug-likeness (QED) is 0.777. The second-order valence-electron chi connectivity index (χ2n) is 4.73. The standard InChI is InChI=1S/C13H18FNO3S/c14-11-3-7-13(8-4-11)19(17,18)15(12-5-6-12)9-1-2-10-16/h3-4,7-8,12,16H,1-2,5-6,9-10H2. The van der Waals surface area contributed by atoms with Gasteiger partial charge in [0.2, 0.25) is 10.0 Å². The van der Waals surface area contributed by atoms with Crippen molar-refractivity contribution in [2.75, 3.05) is 13.2 Å². The zero-order valence-corrected chi connectivity index (χ0v) is 11.4. The zero-order chi connectivity index (χ0) is 13.9. The highest BCUT2D eigenvalue weighted by Gasteiger charge is 2.37. The molecule has 0 heterocycles. The highest BCUT2D eigenvalue weighted by atomic mass is 32.2. The second kappa shape index (κ2) is 5.98. The summed E-state index contributed by atoms with van der Waals surface area (Å²) in [7, 11) is -3.55. The molecule has 1 aromatic carbocycles. The molecule has 1 aliphatic carbocycles. The van der Waals surface area contributed by atoms with E-state index in [0.29, 0.717) is 19.4 Å². The third-order valence-electron chi connectivity index (χ3n) is 3.16. The lowest BCUT2D eigenvalue weighted by atomic mass is 10.3. The van der Waals surface area contributed by atoms with Crippen molar-refractivity contribution in [1.82, 2.24) is 4.31 Å². The summed E-state index contributed by atoms with van der Waals surface area (Å²) in [5.41, 5.74) is 0. The Hall–Kier alpha value is -0.980. The number of halogens is 1. The Morgan fingerprint density at radius 1 is 1.21 bits per heavy atom. The third-order valence-corrected chi connectivity index (χ3v) is 5.13. The van der Waals surface area contributed by atoms with Crippen molar-refractivity contribution in [3.8, 4) is 0 Å². The van der Waals surface area contributed by atoms with Crippen molar-refractivity contribution in [2.45, 2.75) is 36.6 Å². The molecule has 19 heavy (non-hydrogen) atoms. The van der Waals surface area contributed by atoms with Crippen molar-refractivity contribution < 1.29 is 17.9 Å². The fourth-order valence-electron chi connectivity index (χ4n) is 1.98. The Balaban J connectivity index is 2.16. The van der Waals surface area contributed by atoms with Crippen molar-refractivity contribution >= 4 is 10.0 Å². The minimum Gasteiger partial charge on any atom is -0.396 e. The monoisotopic (exact) mass is 287 g/mol. The van der Waals surface area contributed by atoms with Gasteiger partial charge in [0.05, 0.1) is 4.90 Å². The molecule has 0 aromatic heterocycles. The molecule has 0 radical (unpaired) electrons. The van der Waals surface area contributed by atoms with E-state index in [1.54, 1.807) is 0 Å². The molecule has 1 aliphatic rings. The van der Waals surface area contributed by atoms with Crippen LogP contribution in [0, 0.1) is 5.82 Å². The van der Waals surface area contributed by atoms with Crippen molar-refractivity contribution in [2.24, 2.45) is 0 Å². The van der Waals surface area contributed by atoms with E-state index in [1.807, 2.05) is 0 Å². The Bertz CT molecular complexity index is 511. The number of aliphatic hydroxyl groups is 1. The van der Waals surface area contributed by atoms with Gasteiger partial charge in [-0.1, -0.05) is 0 Å². The number of hydrogen-bond donors (Lipinski definition) is 1. The first-order valence-electron chi connectivity index (χ1n) is 6.44. The van der Waals surface area contributed by atoms with E-state index in [1.165, 1.54) is 16.4 Å². The van der Waals surface area contributed by atoms with E-state index in [2.05, 4.69) is 0 Å². The molecule has 0 bridgehead atoms. The van der Waals surface area contributed by atoms with Gasteiger partial charge >= 0.3 is 0 Å². The molecule has 0 atom stereocenters. The SMILES string of the molecule is O=S(=O)(c1ccc(F)cc1)N(CCCCO)C1CC1. The van der Waals surface area contributed by atoms with E-state index in [0.717, 1.165) is 25.0 Å². The van der Waals surface area contributed by atoms with Crippen LogP contribution in [0.2, 0.25) is 0 Å². The highest BCUT2D eigenvalue weighted by Crippen LogP contribution is 2.32. The normalized spacial score (nSPS) is 15.9. The van der Waals surface area contributed by atoms with Gasteiger partial charge in [-0.3, -0.25) is 0 Å². The molecular formula is C13H18FNO3S. The lowest BCUT2D eigenvalue weighted by Crippen LogP contribution is -2.34. The maximum absolute atomic E-state index is 12.9. The summed E-state index contributed by atoms with van der Waals surface area (Å²) >= 11 is 0. The van der Waals surface area contributed by atoms with Crippen LogP contribution in [-0.4, -0.2) is 37.0 Å². The van der Waals surface area contributed by atoms with Gasteiger partial charge in [0.1, 0.15) is 5.82 Å². The van der Waals surface area contributed by atoms with E-state index in [-0.39, 0.29) is 17.5 Å². The third kappa shape index (κ3) is 3.52. The first kappa shape index (κ1) is 14.4. The van der Waals surface area contributed by atoms with Crippen LogP contribution in [-0.2, 0) is 10.0 Å². The molecule has 106 valence electrons. The maximum Gasteiger partial charge on any atom is 0.243 e. The maximum atomic E-state index is 12.9. The lowest BCUT2D eigenvalue weighted by molar-refractivity contribution is 0.275. The van der Waals surface area contributed by atoms with Crippen molar-refractivity contribution in [3.05, 3.63) is 30.1 Å². The first-order chi connectivity index (χ1) is 9.05. The zero-order valence-electron chi connectivity index (χ0n) is 10.6. The summed E-state index contributed by atoms with van der Waals surface area (Å²) in [5.74, 6) is -0.447. The van der Waals surface area contributed by atoms with Crippen LogP contribution < -0.4 is 0 Å². The van der Waals surface area contributed by atoms with Crippen LogP contribution in [0.25, 0.3) is 0 Å². The van der Waals surface area contributed by atoms with Gasteiger partial charge in [-0.15, -0.1) is 0 Å². The average Bonchev–Trinajstić information content (AvgIpc) is 3.19. The number of nitrogens with zero attached hydrogens (tertiary/aromatic N) is 1. The minimum atomic E-state index is -3.55. The Morgan fingerprint density at radius 2 is 1.84 bits per heavy atom. The minimum absolute atomic E-state index is 0.0637. The van der Waals surface area contributed by atoms with Crippen LogP contribution in [0.1, 0.15) is 25.7 Å². The van der Waals surface area contributed by atoms with Crippen LogP contribution in [0.5, 0.6) is 0 Å². The number of benzene rings is 1. The molecule has 6 heteroatoms. The Labute approximate surface area is 112 Å². The summed E-state index contributed by atoms with van der Waals surface area (Å²) in [6.07, 6.45) is 2.97. The summed E-state index contributed by atoms with van der Waals surface area (Å²) in [4.78, 5) is 0.129. The summed E-state index contributed by atoms with van der Waals surface area (Å²) in [6, 6.07) is 4.98. The molecule has 1 N–H and O–H groups in total. The largest absolute Gasteiger partial charge is 0.396 e. The number of sulfonamides is 1. The van der Waals surface area contributed by atoms with E-state index < -0.39 is 15.8 Å². The molecule has 0 aliphatic heterocycles. The van der Waals surface area contributed by atoms with E-state index >= 15 is 0 Å². The molecular weight excluding hydrogens is 269 g/mol. The second-order valence-corrected chi connectivity index (χ2v) is 6.62. The van der Waals surface area contributed by atoms with Crippen molar-refractivity contribution in [1.29, 1.82) is 0 Å². The van der Waals surface area contributed by atoms with Crippen LogP contribution >= 0.6 is 0 Å². The lowest BCUT2D eigenvalue weighted by Gasteiger charge is -2.21. The Kier molecular flexibility index (Phi) is 4.54. The number of hydrogen-bond acceptors (Lipinski definition) is 3. The van der Waals surface area contributed by atoms with Crippen LogP contribution in [0.15, 0.2) is 29.2 Å². The number of rotatable bonds is 7. The fourth-order valence-corrected chi connectivity index (χ4v) is 3.71. The van der Waals surface area contributed by atoms with Gasteiger partial charge in [-0.25, -0.2) is 12.8 Å². The van der Waals surface area contributed by atoms with E-state index in [9.17, 15) is 12.8 Å². The van der Waals surface area contributed by atoms with Gasteiger partial charge in [0.25, 0.3) is 0 Å². The molecule has 1 aromatic rings. The molecule has 0 saturated heterocycles.